The van der Waals surface area contributed by atoms with Crippen molar-refractivity contribution in [3.05, 3.63) is 54.0 Å². The molecule has 6 nitrogen and oxygen atoms in total. The van der Waals surface area contributed by atoms with E-state index in [0.717, 1.165) is 6.42 Å². The second-order valence-electron chi connectivity index (χ2n) is 7.47. The molecule has 0 bridgehead atoms. The summed E-state index contributed by atoms with van der Waals surface area (Å²) in [4.78, 5) is 28.0. The summed E-state index contributed by atoms with van der Waals surface area (Å²) in [6.07, 6.45) is 2.54. The molecule has 1 atom stereocenters. The summed E-state index contributed by atoms with van der Waals surface area (Å²) in [6.45, 7) is 6.16. The number of pyridine rings is 1. The SMILES string of the molecule is CC(C)(C)CCC(NC(=O)c1ccc(Oc2ccc(F)cc2)nc1)C(N)=O. The second-order valence-corrected chi connectivity index (χ2v) is 7.47. The summed E-state index contributed by atoms with van der Waals surface area (Å²) in [5, 5.41) is 2.64. The number of carbonyl (C=O) groups is 2. The number of nitrogens with one attached hydrogen (secondary N) is 1. The molecule has 0 spiro atoms. The Balaban J connectivity index is 1.99. The van der Waals surface area contributed by atoms with Gasteiger partial charge in [-0.2, -0.15) is 0 Å². The fourth-order valence-corrected chi connectivity index (χ4v) is 2.30. The quantitative estimate of drug-likeness (QED) is 0.777. The smallest absolute Gasteiger partial charge is 0.253 e. The topological polar surface area (TPSA) is 94.3 Å². The molecule has 0 radical (unpaired) electrons. The Labute approximate surface area is 157 Å². The average molecular weight is 373 g/mol. The summed E-state index contributed by atoms with van der Waals surface area (Å²) < 4.78 is 18.4. The van der Waals surface area contributed by atoms with Crippen LogP contribution in [0.25, 0.3) is 0 Å². The Kier molecular flexibility index (Phi) is 6.50. The van der Waals surface area contributed by atoms with Gasteiger partial charge in [0.25, 0.3) is 5.91 Å². The van der Waals surface area contributed by atoms with Gasteiger partial charge in [-0.15, -0.1) is 0 Å². The molecule has 7 heteroatoms. The summed E-state index contributed by atoms with van der Waals surface area (Å²) >= 11 is 0. The summed E-state index contributed by atoms with van der Waals surface area (Å²) in [5.74, 6) is -0.683. The largest absolute Gasteiger partial charge is 0.439 e. The lowest BCUT2D eigenvalue weighted by atomic mass is 9.88. The number of aromatic nitrogens is 1. The lowest BCUT2D eigenvalue weighted by Crippen LogP contribution is -2.44. The van der Waals surface area contributed by atoms with Gasteiger partial charge in [0.15, 0.2) is 0 Å². The van der Waals surface area contributed by atoms with Crippen molar-refractivity contribution < 1.29 is 18.7 Å². The molecule has 2 rings (SSSR count). The first-order valence-electron chi connectivity index (χ1n) is 8.64. The van der Waals surface area contributed by atoms with Crippen molar-refractivity contribution in [2.45, 2.75) is 39.7 Å². The van der Waals surface area contributed by atoms with Crippen LogP contribution in [0.5, 0.6) is 11.6 Å². The van der Waals surface area contributed by atoms with Gasteiger partial charge in [-0.3, -0.25) is 9.59 Å². The maximum Gasteiger partial charge on any atom is 0.253 e. The summed E-state index contributed by atoms with van der Waals surface area (Å²) in [5.41, 5.74) is 5.71. The van der Waals surface area contributed by atoms with Gasteiger partial charge in [0.05, 0.1) is 5.56 Å². The van der Waals surface area contributed by atoms with Crippen LogP contribution >= 0.6 is 0 Å². The normalized spacial score (nSPS) is 12.3. The Hall–Kier alpha value is -2.96. The Morgan fingerprint density at radius 3 is 2.37 bits per heavy atom. The van der Waals surface area contributed by atoms with Gasteiger partial charge in [0.1, 0.15) is 17.6 Å². The molecule has 0 aliphatic carbocycles. The van der Waals surface area contributed by atoms with Crippen molar-refractivity contribution in [1.29, 1.82) is 0 Å². The third-order valence-corrected chi connectivity index (χ3v) is 3.87. The van der Waals surface area contributed by atoms with Crippen LogP contribution in [0.15, 0.2) is 42.6 Å². The summed E-state index contributed by atoms with van der Waals surface area (Å²) in [6, 6.07) is 7.81. The number of rotatable bonds is 7. The van der Waals surface area contributed by atoms with Crippen LogP contribution in [0.3, 0.4) is 0 Å². The molecule has 3 N–H and O–H groups in total. The van der Waals surface area contributed by atoms with E-state index in [-0.39, 0.29) is 22.7 Å². The van der Waals surface area contributed by atoms with Crippen molar-refractivity contribution in [3.63, 3.8) is 0 Å². The van der Waals surface area contributed by atoms with E-state index in [9.17, 15) is 14.0 Å². The molecular formula is C20H24FN3O3. The van der Waals surface area contributed by atoms with E-state index in [2.05, 4.69) is 31.1 Å². The van der Waals surface area contributed by atoms with E-state index in [1.165, 1.54) is 42.6 Å². The first-order chi connectivity index (χ1) is 12.6. The standard InChI is InChI=1S/C20H24FN3O3/c1-20(2,3)11-10-16(18(22)25)24-19(26)13-4-9-17(23-12-13)27-15-7-5-14(21)6-8-15/h4-9,12,16H,10-11H2,1-3H3,(H2,22,25)(H,24,26). The van der Waals surface area contributed by atoms with Crippen LogP contribution in [0.1, 0.15) is 44.0 Å². The molecule has 1 aromatic heterocycles. The molecule has 1 unspecified atom stereocenters. The van der Waals surface area contributed by atoms with Crippen molar-refractivity contribution in [3.8, 4) is 11.6 Å². The van der Waals surface area contributed by atoms with Crippen LogP contribution in [0.2, 0.25) is 0 Å². The zero-order chi connectivity index (χ0) is 20.0. The van der Waals surface area contributed by atoms with Crippen LogP contribution in [-0.2, 0) is 4.79 Å². The molecule has 0 aliphatic rings. The number of nitrogens with zero attached hydrogens (tertiary/aromatic N) is 1. The number of hydrogen-bond donors (Lipinski definition) is 2. The monoisotopic (exact) mass is 373 g/mol. The van der Waals surface area contributed by atoms with E-state index in [4.69, 9.17) is 10.5 Å². The molecule has 0 aliphatic heterocycles. The minimum absolute atomic E-state index is 0.0271. The minimum Gasteiger partial charge on any atom is -0.439 e. The number of halogens is 1. The Morgan fingerprint density at radius 2 is 1.85 bits per heavy atom. The molecule has 0 saturated carbocycles. The van der Waals surface area contributed by atoms with Crippen molar-refractivity contribution in [2.24, 2.45) is 11.1 Å². The highest BCUT2D eigenvalue weighted by Gasteiger charge is 2.22. The minimum atomic E-state index is -0.744. The number of amides is 2. The molecule has 144 valence electrons. The zero-order valence-corrected chi connectivity index (χ0v) is 15.7. The maximum absolute atomic E-state index is 12.9. The third kappa shape index (κ3) is 6.69. The molecule has 2 amide bonds. The van der Waals surface area contributed by atoms with Crippen molar-refractivity contribution >= 4 is 11.8 Å². The zero-order valence-electron chi connectivity index (χ0n) is 15.7. The van der Waals surface area contributed by atoms with Crippen LogP contribution in [0, 0.1) is 11.2 Å². The van der Waals surface area contributed by atoms with Crippen molar-refractivity contribution in [1.82, 2.24) is 10.3 Å². The molecule has 2 aromatic rings. The van der Waals surface area contributed by atoms with Gasteiger partial charge in [0, 0.05) is 12.3 Å². The number of hydrogen-bond acceptors (Lipinski definition) is 4. The van der Waals surface area contributed by atoms with E-state index in [1.54, 1.807) is 0 Å². The van der Waals surface area contributed by atoms with E-state index < -0.39 is 17.9 Å². The highest BCUT2D eigenvalue weighted by molar-refractivity contribution is 5.97. The number of ether oxygens (including phenoxy) is 1. The number of nitrogens with two attached hydrogens (primary N) is 1. The van der Waals surface area contributed by atoms with Gasteiger partial charge in [-0.1, -0.05) is 20.8 Å². The van der Waals surface area contributed by atoms with Crippen LogP contribution in [-0.4, -0.2) is 22.8 Å². The lowest BCUT2D eigenvalue weighted by molar-refractivity contribution is -0.120. The number of primary amides is 1. The van der Waals surface area contributed by atoms with Gasteiger partial charge in [-0.05, 0) is 48.6 Å². The maximum atomic E-state index is 12.9. The van der Waals surface area contributed by atoms with Gasteiger partial charge in [-0.25, -0.2) is 9.37 Å². The first kappa shape index (κ1) is 20.4. The molecule has 0 fully saturated rings. The van der Waals surface area contributed by atoms with E-state index >= 15 is 0 Å². The molecular weight excluding hydrogens is 349 g/mol. The third-order valence-electron chi connectivity index (χ3n) is 3.87. The summed E-state index contributed by atoms with van der Waals surface area (Å²) in [7, 11) is 0. The average Bonchev–Trinajstić information content (AvgIpc) is 2.60. The van der Waals surface area contributed by atoms with Crippen LogP contribution in [0.4, 0.5) is 4.39 Å². The Bertz CT molecular complexity index is 784. The number of carbonyl (C=O) groups excluding carboxylic acids is 2. The highest BCUT2D eigenvalue weighted by Crippen LogP contribution is 2.22. The predicted octanol–water partition coefficient (Wildman–Crippen LogP) is 3.42. The van der Waals surface area contributed by atoms with Gasteiger partial charge < -0.3 is 15.8 Å². The van der Waals surface area contributed by atoms with E-state index in [0.29, 0.717) is 12.2 Å². The van der Waals surface area contributed by atoms with Crippen molar-refractivity contribution in [2.75, 3.05) is 0 Å². The van der Waals surface area contributed by atoms with Crippen LogP contribution < -0.4 is 15.8 Å². The fraction of sp³-hybridized carbons (Fsp3) is 0.350. The number of benzene rings is 1. The predicted molar refractivity (Wildman–Crippen MR) is 99.8 cm³/mol. The molecule has 1 aromatic carbocycles. The molecule has 0 saturated heterocycles. The molecule has 27 heavy (non-hydrogen) atoms. The molecule has 1 heterocycles. The lowest BCUT2D eigenvalue weighted by Gasteiger charge is -2.22. The fourth-order valence-electron chi connectivity index (χ4n) is 2.30. The second kappa shape index (κ2) is 8.62. The highest BCUT2D eigenvalue weighted by atomic mass is 19.1. The van der Waals surface area contributed by atoms with Gasteiger partial charge >= 0.3 is 0 Å². The Morgan fingerprint density at radius 1 is 1.19 bits per heavy atom. The van der Waals surface area contributed by atoms with Gasteiger partial charge in [0.2, 0.25) is 11.8 Å². The van der Waals surface area contributed by atoms with E-state index in [1.807, 2.05) is 0 Å². The first-order valence-corrected chi connectivity index (χ1v) is 8.64.